The molecule has 18 heavy (non-hydrogen) atoms. The Hall–Kier alpha value is -1.87. The Morgan fingerprint density at radius 2 is 1.94 bits per heavy atom. The smallest absolute Gasteiger partial charge is 0.140 e. The molecule has 0 radical (unpaired) electrons. The highest BCUT2D eigenvalue weighted by molar-refractivity contribution is 6.33. The number of halogens is 1. The summed E-state index contributed by atoms with van der Waals surface area (Å²) in [6, 6.07) is 6.05. The number of aryl methyl sites for hydroxylation is 2. The van der Waals surface area contributed by atoms with Gasteiger partial charge in [-0.2, -0.15) is 0 Å². The van der Waals surface area contributed by atoms with E-state index in [1.807, 2.05) is 6.07 Å². The van der Waals surface area contributed by atoms with Crippen molar-refractivity contribution in [2.75, 3.05) is 0 Å². The third-order valence-electron chi connectivity index (χ3n) is 3.12. The van der Waals surface area contributed by atoms with Crippen LogP contribution in [0.3, 0.4) is 0 Å². The molecular formula is C14H12ClN3. The van der Waals surface area contributed by atoms with Gasteiger partial charge in [0.05, 0.1) is 16.1 Å². The van der Waals surface area contributed by atoms with Gasteiger partial charge in [0.15, 0.2) is 0 Å². The average Bonchev–Trinajstić information content (AvgIpc) is 2.73. The van der Waals surface area contributed by atoms with Crippen molar-refractivity contribution in [1.29, 1.82) is 0 Å². The largest absolute Gasteiger partial charge is 0.338 e. The van der Waals surface area contributed by atoms with E-state index in [1.54, 1.807) is 12.4 Å². The van der Waals surface area contributed by atoms with Gasteiger partial charge in [-0.25, -0.2) is 4.98 Å². The van der Waals surface area contributed by atoms with E-state index in [2.05, 4.69) is 40.9 Å². The van der Waals surface area contributed by atoms with E-state index in [1.165, 1.54) is 11.1 Å². The minimum atomic E-state index is 0.602. The van der Waals surface area contributed by atoms with Gasteiger partial charge in [-0.05, 0) is 43.2 Å². The standard InChI is InChI=1S/C14H12ClN3/c1-8-5-12-13(6-9(8)2)18-14(17-12)10-3-4-16-7-11(10)15/h3-7H,1-2H3,(H,17,18). The van der Waals surface area contributed by atoms with Crippen molar-refractivity contribution in [3.8, 4) is 11.4 Å². The zero-order valence-electron chi connectivity index (χ0n) is 10.2. The van der Waals surface area contributed by atoms with Crippen molar-refractivity contribution in [2.24, 2.45) is 0 Å². The van der Waals surface area contributed by atoms with Crippen LogP contribution >= 0.6 is 11.6 Å². The van der Waals surface area contributed by atoms with Crippen LogP contribution in [0.1, 0.15) is 11.1 Å². The molecule has 3 nitrogen and oxygen atoms in total. The molecule has 3 aromatic rings. The number of hydrogen-bond acceptors (Lipinski definition) is 2. The number of imidazole rings is 1. The Balaban J connectivity index is 2.23. The lowest BCUT2D eigenvalue weighted by Crippen LogP contribution is -1.82. The molecule has 0 amide bonds. The fourth-order valence-corrected chi connectivity index (χ4v) is 2.17. The van der Waals surface area contributed by atoms with Crippen molar-refractivity contribution in [1.82, 2.24) is 15.0 Å². The second kappa shape index (κ2) is 4.10. The van der Waals surface area contributed by atoms with Gasteiger partial charge >= 0.3 is 0 Å². The van der Waals surface area contributed by atoms with Crippen molar-refractivity contribution in [3.63, 3.8) is 0 Å². The molecular weight excluding hydrogens is 246 g/mol. The molecule has 1 aromatic carbocycles. The Morgan fingerprint density at radius 3 is 2.72 bits per heavy atom. The van der Waals surface area contributed by atoms with Gasteiger partial charge in [-0.15, -0.1) is 0 Å². The van der Waals surface area contributed by atoms with Crippen LogP contribution in [-0.2, 0) is 0 Å². The van der Waals surface area contributed by atoms with Gasteiger partial charge in [-0.1, -0.05) is 11.6 Å². The molecule has 0 aliphatic heterocycles. The molecule has 0 unspecified atom stereocenters. The maximum atomic E-state index is 6.13. The molecule has 3 rings (SSSR count). The monoisotopic (exact) mass is 257 g/mol. The van der Waals surface area contributed by atoms with E-state index >= 15 is 0 Å². The lowest BCUT2D eigenvalue weighted by molar-refractivity contribution is 1.28. The first-order valence-corrected chi connectivity index (χ1v) is 6.10. The highest BCUT2D eigenvalue weighted by Gasteiger charge is 2.09. The molecule has 4 heteroatoms. The quantitative estimate of drug-likeness (QED) is 0.718. The number of pyridine rings is 1. The summed E-state index contributed by atoms with van der Waals surface area (Å²) in [5, 5.41) is 0.602. The number of fused-ring (bicyclic) bond motifs is 1. The van der Waals surface area contributed by atoms with Gasteiger partial charge in [0.25, 0.3) is 0 Å². The van der Waals surface area contributed by atoms with Crippen molar-refractivity contribution < 1.29 is 0 Å². The maximum Gasteiger partial charge on any atom is 0.140 e. The molecule has 0 saturated carbocycles. The van der Waals surface area contributed by atoms with Crippen LogP contribution in [0.2, 0.25) is 5.02 Å². The lowest BCUT2D eigenvalue weighted by Gasteiger charge is -1.97. The molecule has 0 saturated heterocycles. The van der Waals surface area contributed by atoms with Crippen LogP contribution in [0.25, 0.3) is 22.4 Å². The van der Waals surface area contributed by atoms with Crippen LogP contribution < -0.4 is 0 Å². The summed E-state index contributed by atoms with van der Waals surface area (Å²) in [5.74, 6) is 0.780. The summed E-state index contributed by atoms with van der Waals surface area (Å²) in [6.45, 7) is 4.18. The normalized spacial score (nSPS) is 11.1. The van der Waals surface area contributed by atoms with Crippen molar-refractivity contribution in [3.05, 3.63) is 46.7 Å². The zero-order valence-corrected chi connectivity index (χ0v) is 10.9. The minimum absolute atomic E-state index is 0.602. The predicted octanol–water partition coefficient (Wildman–Crippen LogP) is 3.90. The number of rotatable bonds is 1. The first kappa shape index (κ1) is 11.2. The molecule has 0 aliphatic rings. The topological polar surface area (TPSA) is 41.6 Å². The van der Waals surface area contributed by atoms with E-state index in [0.717, 1.165) is 22.4 Å². The van der Waals surface area contributed by atoms with Gasteiger partial charge in [0, 0.05) is 18.0 Å². The third kappa shape index (κ3) is 1.77. The number of hydrogen-bond donors (Lipinski definition) is 1. The molecule has 0 aliphatic carbocycles. The molecule has 90 valence electrons. The second-order valence-corrected chi connectivity index (χ2v) is 4.80. The number of aromatic nitrogens is 3. The molecule has 0 bridgehead atoms. The van der Waals surface area contributed by atoms with E-state index in [4.69, 9.17) is 11.6 Å². The molecule has 2 heterocycles. The number of nitrogens with zero attached hydrogens (tertiary/aromatic N) is 2. The third-order valence-corrected chi connectivity index (χ3v) is 3.43. The van der Waals surface area contributed by atoms with Crippen LogP contribution in [0.4, 0.5) is 0 Å². The summed E-state index contributed by atoms with van der Waals surface area (Å²) < 4.78 is 0. The van der Waals surface area contributed by atoms with E-state index in [9.17, 15) is 0 Å². The fraction of sp³-hybridized carbons (Fsp3) is 0.143. The highest BCUT2D eigenvalue weighted by Crippen LogP contribution is 2.27. The van der Waals surface area contributed by atoms with E-state index in [0.29, 0.717) is 5.02 Å². The van der Waals surface area contributed by atoms with Gasteiger partial charge < -0.3 is 4.98 Å². The summed E-state index contributed by atoms with van der Waals surface area (Å²) in [5.41, 5.74) is 5.35. The summed E-state index contributed by atoms with van der Waals surface area (Å²) >= 11 is 6.13. The fourth-order valence-electron chi connectivity index (χ4n) is 1.96. The summed E-state index contributed by atoms with van der Waals surface area (Å²) in [6.07, 6.45) is 3.34. The summed E-state index contributed by atoms with van der Waals surface area (Å²) in [7, 11) is 0. The first-order chi connectivity index (χ1) is 8.65. The SMILES string of the molecule is Cc1cc2nc(-c3ccncc3Cl)[nH]c2cc1C. The Labute approximate surface area is 110 Å². The van der Waals surface area contributed by atoms with Gasteiger partial charge in [0.1, 0.15) is 5.82 Å². The number of H-pyrrole nitrogens is 1. The highest BCUT2D eigenvalue weighted by atomic mass is 35.5. The van der Waals surface area contributed by atoms with E-state index in [-0.39, 0.29) is 0 Å². The minimum Gasteiger partial charge on any atom is -0.338 e. The Morgan fingerprint density at radius 1 is 1.17 bits per heavy atom. The van der Waals surface area contributed by atoms with Gasteiger partial charge in [-0.3, -0.25) is 4.98 Å². The van der Waals surface area contributed by atoms with Crippen molar-refractivity contribution in [2.45, 2.75) is 13.8 Å². The van der Waals surface area contributed by atoms with Crippen LogP contribution in [-0.4, -0.2) is 15.0 Å². The van der Waals surface area contributed by atoms with Crippen molar-refractivity contribution >= 4 is 22.6 Å². The zero-order chi connectivity index (χ0) is 12.7. The molecule has 0 atom stereocenters. The van der Waals surface area contributed by atoms with Crippen LogP contribution in [0.5, 0.6) is 0 Å². The van der Waals surface area contributed by atoms with E-state index < -0.39 is 0 Å². The Bertz CT molecular complexity index is 692. The van der Waals surface area contributed by atoms with Crippen LogP contribution in [0, 0.1) is 13.8 Å². The Kier molecular flexibility index (Phi) is 2.56. The number of aromatic amines is 1. The predicted molar refractivity (Wildman–Crippen MR) is 73.8 cm³/mol. The molecule has 2 aromatic heterocycles. The summed E-state index contributed by atoms with van der Waals surface area (Å²) in [4.78, 5) is 11.9. The average molecular weight is 258 g/mol. The molecule has 1 N–H and O–H groups in total. The molecule has 0 fully saturated rings. The lowest BCUT2D eigenvalue weighted by atomic mass is 10.1. The second-order valence-electron chi connectivity index (χ2n) is 4.39. The van der Waals surface area contributed by atoms with Crippen LogP contribution in [0.15, 0.2) is 30.6 Å². The van der Waals surface area contributed by atoms with Gasteiger partial charge in [0.2, 0.25) is 0 Å². The maximum absolute atomic E-state index is 6.13. The molecule has 0 spiro atoms. The first-order valence-electron chi connectivity index (χ1n) is 5.72. The number of nitrogens with one attached hydrogen (secondary N) is 1. The number of benzene rings is 1.